The Labute approximate surface area is 122 Å². The van der Waals surface area contributed by atoms with E-state index < -0.39 is 17.2 Å². The van der Waals surface area contributed by atoms with Crippen molar-refractivity contribution in [2.45, 2.75) is 6.42 Å². The Bertz CT molecular complexity index is 846. The van der Waals surface area contributed by atoms with Crippen LogP contribution in [-0.2, 0) is 6.42 Å². The van der Waals surface area contributed by atoms with Gasteiger partial charge in [0.15, 0.2) is 0 Å². The van der Waals surface area contributed by atoms with Gasteiger partial charge in [0.1, 0.15) is 23.1 Å². The van der Waals surface area contributed by atoms with E-state index in [0.29, 0.717) is 5.76 Å². The highest BCUT2D eigenvalue weighted by Gasteiger charge is 2.10. The second-order valence-electron chi connectivity index (χ2n) is 4.45. The smallest absolute Gasteiger partial charge is 0.274 e. The standard InChI is InChI=1S/C14H10F2N4O2/c15-8-3-4-10(16)11(6-8)17-14-18-13(21)12(19-20-14)7-9-2-1-5-22-9/h1-6H,7H2,(H2,17,18,20,21). The minimum Gasteiger partial charge on any atom is -0.469 e. The second kappa shape index (κ2) is 5.76. The van der Waals surface area contributed by atoms with Crippen LogP contribution in [0.4, 0.5) is 20.4 Å². The first kappa shape index (κ1) is 13.9. The number of H-pyrrole nitrogens is 1. The maximum absolute atomic E-state index is 13.5. The summed E-state index contributed by atoms with van der Waals surface area (Å²) in [5, 5.41) is 9.98. The molecule has 0 fully saturated rings. The van der Waals surface area contributed by atoms with Crippen LogP contribution in [0.15, 0.2) is 45.8 Å². The zero-order chi connectivity index (χ0) is 15.5. The van der Waals surface area contributed by atoms with Gasteiger partial charge in [0.25, 0.3) is 5.56 Å². The third kappa shape index (κ3) is 3.00. The predicted molar refractivity (Wildman–Crippen MR) is 73.8 cm³/mol. The Morgan fingerprint density at radius 2 is 2.09 bits per heavy atom. The number of halogens is 2. The Balaban J connectivity index is 1.83. The van der Waals surface area contributed by atoms with E-state index >= 15 is 0 Å². The molecule has 0 saturated heterocycles. The zero-order valence-electron chi connectivity index (χ0n) is 11.1. The minimum absolute atomic E-state index is 0.0855. The van der Waals surface area contributed by atoms with E-state index in [2.05, 4.69) is 20.5 Å². The van der Waals surface area contributed by atoms with E-state index in [1.165, 1.54) is 6.26 Å². The molecule has 0 aliphatic carbocycles. The average Bonchev–Trinajstić information content (AvgIpc) is 2.99. The molecule has 3 rings (SSSR count). The van der Waals surface area contributed by atoms with Crippen LogP contribution >= 0.6 is 0 Å². The van der Waals surface area contributed by atoms with E-state index in [-0.39, 0.29) is 23.8 Å². The van der Waals surface area contributed by atoms with Crippen molar-refractivity contribution < 1.29 is 13.2 Å². The van der Waals surface area contributed by atoms with E-state index in [9.17, 15) is 13.6 Å². The molecule has 0 amide bonds. The maximum Gasteiger partial charge on any atom is 0.274 e. The number of aromatic nitrogens is 3. The lowest BCUT2D eigenvalue weighted by Crippen LogP contribution is -2.19. The highest BCUT2D eigenvalue weighted by Crippen LogP contribution is 2.17. The zero-order valence-corrected chi connectivity index (χ0v) is 11.1. The molecule has 2 N–H and O–H groups in total. The molecule has 0 aliphatic rings. The Morgan fingerprint density at radius 1 is 1.23 bits per heavy atom. The van der Waals surface area contributed by atoms with Gasteiger partial charge in [0.05, 0.1) is 18.4 Å². The molecule has 2 heterocycles. The van der Waals surface area contributed by atoms with Crippen LogP contribution in [0.1, 0.15) is 11.5 Å². The van der Waals surface area contributed by atoms with Crippen LogP contribution < -0.4 is 10.9 Å². The quantitative estimate of drug-likeness (QED) is 0.773. The first-order chi connectivity index (χ1) is 10.6. The van der Waals surface area contributed by atoms with Gasteiger partial charge in [0.2, 0.25) is 5.95 Å². The SMILES string of the molecule is O=c1[nH]c(Nc2cc(F)ccc2F)nnc1Cc1ccco1. The van der Waals surface area contributed by atoms with Crippen molar-refractivity contribution in [3.8, 4) is 0 Å². The summed E-state index contributed by atoms with van der Waals surface area (Å²) in [6.07, 6.45) is 1.67. The summed E-state index contributed by atoms with van der Waals surface area (Å²) in [7, 11) is 0. The summed E-state index contributed by atoms with van der Waals surface area (Å²) in [5.41, 5.74) is -0.491. The molecule has 6 nitrogen and oxygen atoms in total. The Kier molecular flexibility index (Phi) is 3.65. The molecule has 0 spiro atoms. The number of nitrogens with one attached hydrogen (secondary N) is 2. The number of furan rings is 1. The van der Waals surface area contributed by atoms with Crippen LogP contribution in [0.3, 0.4) is 0 Å². The van der Waals surface area contributed by atoms with E-state index in [1.807, 2.05) is 0 Å². The number of hydrogen-bond donors (Lipinski definition) is 2. The normalized spacial score (nSPS) is 10.6. The number of benzene rings is 1. The molecule has 3 aromatic rings. The van der Waals surface area contributed by atoms with Gasteiger partial charge in [-0.25, -0.2) is 8.78 Å². The number of rotatable bonds is 4. The molecule has 0 bridgehead atoms. The van der Waals surface area contributed by atoms with Gasteiger partial charge >= 0.3 is 0 Å². The summed E-state index contributed by atoms with van der Waals surface area (Å²) >= 11 is 0. The number of hydrogen-bond acceptors (Lipinski definition) is 5. The average molecular weight is 304 g/mol. The lowest BCUT2D eigenvalue weighted by molar-refractivity contribution is 0.517. The van der Waals surface area contributed by atoms with Gasteiger partial charge in [-0.3, -0.25) is 9.78 Å². The summed E-state index contributed by atoms with van der Waals surface area (Å²) in [6, 6.07) is 6.30. The predicted octanol–water partition coefficient (Wildman–Crippen LogP) is 2.37. The van der Waals surface area contributed by atoms with Gasteiger partial charge in [0, 0.05) is 6.07 Å². The van der Waals surface area contributed by atoms with Crippen molar-refractivity contribution in [1.29, 1.82) is 0 Å². The second-order valence-corrected chi connectivity index (χ2v) is 4.45. The molecule has 0 unspecified atom stereocenters. The lowest BCUT2D eigenvalue weighted by atomic mass is 10.2. The molecular formula is C14H10F2N4O2. The van der Waals surface area contributed by atoms with Crippen LogP contribution in [0, 0.1) is 11.6 Å². The van der Waals surface area contributed by atoms with Crippen LogP contribution in [0.2, 0.25) is 0 Å². The minimum atomic E-state index is -0.677. The molecule has 0 radical (unpaired) electrons. The van der Waals surface area contributed by atoms with Gasteiger partial charge in [-0.05, 0) is 24.3 Å². The molecule has 0 atom stereocenters. The number of nitrogens with zero attached hydrogens (tertiary/aromatic N) is 2. The fourth-order valence-electron chi connectivity index (χ4n) is 1.83. The number of anilines is 2. The molecule has 2 aromatic heterocycles. The molecule has 1 aromatic carbocycles. The van der Waals surface area contributed by atoms with Crippen molar-refractivity contribution in [3.63, 3.8) is 0 Å². The first-order valence-corrected chi connectivity index (χ1v) is 6.32. The molecule has 8 heteroatoms. The van der Waals surface area contributed by atoms with Crippen LogP contribution in [0.25, 0.3) is 0 Å². The van der Waals surface area contributed by atoms with Crippen molar-refractivity contribution in [2.75, 3.05) is 5.32 Å². The summed E-state index contributed by atoms with van der Waals surface area (Å²) < 4.78 is 31.7. The Hall–Kier alpha value is -3.03. The van der Waals surface area contributed by atoms with Crippen molar-refractivity contribution in [3.05, 3.63) is 70.0 Å². The maximum atomic E-state index is 13.5. The molecule has 22 heavy (non-hydrogen) atoms. The topological polar surface area (TPSA) is 83.8 Å². The van der Waals surface area contributed by atoms with Crippen molar-refractivity contribution in [1.82, 2.24) is 15.2 Å². The Morgan fingerprint density at radius 3 is 2.82 bits per heavy atom. The highest BCUT2D eigenvalue weighted by molar-refractivity contribution is 5.53. The fourth-order valence-corrected chi connectivity index (χ4v) is 1.83. The summed E-state index contributed by atoms with van der Waals surface area (Å²) in [4.78, 5) is 14.3. The van der Waals surface area contributed by atoms with Gasteiger partial charge in [-0.15, -0.1) is 10.2 Å². The fraction of sp³-hybridized carbons (Fsp3) is 0.0714. The van der Waals surface area contributed by atoms with E-state index in [0.717, 1.165) is 18.2 Å². The van der Waals surface area contributed by atoms with E-state index in [4.69, 9.17) is 4.42 Å². The van der Waals surface area contributed by atoms with Crippen molar-refractivity contribution >= 4 is 11.6 Å². The van der Waals surface area contributed by atoms with Gasteiger partial charge < -0.3 is 9.73 Å². The third-order valence-corrected chi connectivity index (χ3v) is 2.87. The summed E-state index contributed by atoms with van der Waals surface area (Å²) in [5.74, 6) is -0.813. The molecule has 0 saturated carbocycles. The van der Waals surface area contributed by atoms with Crippen LogP contribution in [0.5, 0.6) is 0 Å². The lowest BCUT2D eigenvalue weighted by Gasteiger charge is -2.06. The highest BCUT2D eigenvalue weighted by atomic mass is 19.1. The largest absolute Gasteiger partial charge is 0.469 e. The third-order valence-electron chi connectivity index (χ3n) is 2.87. The molecule has 0 aliphatic heterocycles. The molecular weight excluding hydrogens is 294 g/mol. The van der Waals surface area contributed by atoms with Crippen molar-refractivity contribution in [2.24, 2.45) is 0 Å². The van der Waals surface area contributed by atoms with E-state index in [1.54, 1.807) is 12.1 Å². The molecule has 112 valence electrons. The van der Waals surface area contributed by atoms with Gasteiger partial charge in [-0.2, -0.15) is 0 Å². The monoisotopic (exact) mass is 304 g/mol. The van der Waals surface area contributed by atoms with Crippen LogP contribution in [-0.4, -0.2) is 15.2 Å². The summed E-state index contributed by atoms with van der Waals surface area (Å²) in [6.45, 7) is 0. The first-order valence-electron chi connectivity index (χ1n) is 6.32. The van der Waals surface area contributed by atoms with Gasteiger partial charge in [-0.1, -0.05) is 0 Å². The number of aromatic amines is 1.